The molecule has 6 heteroatoms. The highest BCUT2D eigenvalue weighted by Crippen LogP contribution is 2.32. The molecular formula is C27H24N4OS. The van der Waals surface area contributed by atoms with E-state index in [4.69, 9.17) is 4.98 Å². The van der Waals surface area contributed by atoms with Crippen LogP contribution in [-0.2, 0) is 13.0 Å². The van der Waals surface area contributed by atoms with Crippen LogP contribution in [0.25, 0.3) is 15.9 Å². The van der Waals surface area contributed by atoms with Gasteiger partial charge >= 0.3 is 0 Å². The van der Waals surface area contributed by atoms with Crippen molar-refractivity contribution in [2.24, 2.45) is 0 Å². The first-order valence-electron chi connectivity index (χ1n) is 11.0. The lowest BCUT2D eigenvalue weighted by Crippen LogP contribution is -2.30. The molecule has 5 nitrogen and oxygen atoms in total. The first kappa shape index (κ1) is 21.1. The molecular weight excluding hydrogens is 428 g/mol. The van der Waals surface area contributed by atoms with Gasteiger partial charge in [0.1, 0.15) is 0 Å². The van der Waals surface area contributed by atoms with Crippen LogP contribution in [-0.4, -0.2) is 20.7 Å². The van der Waals surface area contributed by atoms with E-state index in [2.05, 4.69) is 24.2 Å². The number of nitrogens with zero attached hydrogens (tertiary/aromatic N) is 4. The normalized spacial score (nSPS) is 11.1. The molecule has 0 spiro atoms. The maximum atomic E-state index is 13.9. The molecule has 0 unspecified atom stereocenters. The van der Waals surface area contributed by atoms with Gasteiger partial charge < -0.3 is 0 Å². The number of carbonyl (C=O) groups is 1. The number of aryl methyl sites for hydroxylation is 1. The summed E-state index contributed by atoms with van der Waals surface area (Å²) in [6.07, 6.45) is 2.62. The van der Waals surface area contributed by atoms with Crippen LogP contribution in [0.5, 0.6) is 0 Å². The number of hydrogen-bond acceptors (Lipinski definition) is 4. The molecule has 0 aliphatic carbocycles. The zero-order valence-electron chi connectivity index (χ0n) is 18.6. The highest BCUT2D eigenvalue weighted by Gasteiger charge is 2.25. The third kappa shape index (κ3) is 4.17. The van der Waals surface area contributed by atoms with E-state index in [1.165, 1.54) is 5.56 Å². The molecule has 0 bridgehead atoms. The number of hydrogen-bond donors (Lipinski definition) is 0. The predicted molar refractivity (Wildman–Crippen MR) is 134 cm³/mol. The topological polar surface area (TPSA) is 51.0 Å². The van der Waals surface area contributed by atoms with Crippen molar-refractivity contribution in [2.75, 3.05) is 4.90 Å². The Kier molecular flexibility index (Phi) is 5.75. The number of carbonyl (C=O) groups excluding carboxylic acids is 1. The summed E-state index contributed by atoms with van der Waals surface area (Å²) in [5.41, 5.74) is 5.53. The number of rotatable bonds is 6. The van der Waals surface area contributed by atoms with E-state index in [0.29, 0.717) is 17.2 Å². The Hall–Kier alpha value is -3.77. The van der Waals surface area contributed by atoms with Crippen molar-refractivity contribution in [2.45, 2.75) is 26.8 Å². The Labute approximate surface area is 196 Å². The van der Waals surface area contributed by atoms with Crippen LogP contribution in [0.4, 0.5) is 5.13 Å². The molecule has 164 valence electrons. The Balaban J connectivity index is 1.56. The summed E-state index contributed by atoms with van der Waals surface area (Å²) >= 11 is 1.55. The van der Waals surface area contributed by atoms with Crippen molar-refractivity contribution in [3.63, 3.8) is 0 Å². The SMILES string of the molecule is CCc1ccc2nc(N(Cc3ccccc3)C(=O)c3cnn(-c4ccccc4)c3C)sc2c1. The zero-order chi connectivity index (χ0) is 22.8. The molecule has 3 aromatic carbocycles. The van der Waals surface area contributed by atoms with Crippen LogP contribution in [0.2, 0.25) is 0 Å². The lowest BCUT2D eigenvalue weighted by molar-refractivity contribution is 0.0984. The van der Waals surface area contributed by atoms with Crippen LogP contribution in [0.1, 0.15) is 34.1 Å². The molecule has 0 saturated heterocycles. The van der Waals surface area contributed by atoms with E-state index >= 15 is 0 Å². The van der Waals surface area contributed by atoms with Crippen molar-refractivity contribution in [3.8, 4) is 5.69 Å². The minimum Gasteiger partial charge on any atom is -0.279 e. The second kappa shape index (κ2) is 9.00. The molecule has 0 saturated carbocycles. The van der Waals surface area contributed by atoms with Gasteiger partial charge in [0.15, 0.2) is 5.13 Å². The highest BCUT2D eigenvalue weighted by molar-refractivity contribution is 7.22. The summed E-state index contributed by atoms with van der Waals surface area (Å²) in [5, 5.41) is 5.20. The van der Waals surface area contributed by atoms with Crippen molar-refractivity contribution >= 4 is 32.6 Å². The number of thiazole rings is 1. The Bertz CT molecular complexity index is 1410. The van der Waals surface area contributed by atoms with E-state index < -0.39 is 0 Å². The fourth-order valence-corrected chi connectivity index (χ4v) is 4.91. The largest absolute Gasteiger partial charge is 0.279 e. The summed E-state index contributed by atoms with van der Waals surface area (Å²) in [6, 6.07) is 26.2. The van der Waals surface area contributed by atoms with Crippen molar-refractivity contribution in [1.29, 1.82) is 0 Å². The molecule has 2 heterocycles. The minimum atomic E-state index is -0.103. The lowest BCUT2D eigenvalue weighted by Gasteiger charge is -2.20. The fourth-order valence-electron chi connectivity index (χ4n) is 3.88. The molecule has 0 radical (unpaired) electrons. The monoisotopic (exact) mass is 452 g/mol. The molecule has 1 amide bonds. The summed E-state index contributed by atoms with van der Waals surface area (Å²) in [6.45, 7) is 4.51. The van der Waals surface area contributed by atoms with Gasteiger partial charge in [0.2, 0.25) is 0 Å². The predicted octanol–water partition coefficient (Wildman–Crippen LogP) is 6.20. The molecule has 33 heavy (non-hydrogen) atoms. The van der Waals surface area contributed by atoms with Crippen LogP contribution >= 0.6 is 11.3 Å². The molecule has 0 aliphatic rings. The van der Waals surface area contributed by atoms with Gasteiger partial charge in [-0.2, -0.15) is 5.10 Å². The number of aromatic nitrogens is 3. The summed E-state index contributed by atoms with van der Waals surface area (Å²) in [4.78, 5) is 20.4. The summed E-state index contributed by atoms with van der Waals surface area (Å²) < 4.78 is 2.90. The van der Waals surface area contributed by atoms with Gasteiger partial charge in [-0.05, 0) is 48.7 Å². The summed E-state index contributed by atoms with van der Waals surface area (Å²) in [7, 11) is 0. The van der Waals surface area contributed by atoms with Crippen molar-refractivity contribution in [3.05, 3.63) is 107 Å². The zero-order valence-corrected chi connectivity index (χ0v) is 19.4. The quantitative estimate of drug-likeness (QED) is 0.308. The van der Waals surface area contributed by atoms with Gasteiger partial charge in [-0.15, -0.1) is 0 Å². The van der Waals surface area contributed by atoms with Gasteiger partial charge in [-0.1, -0.05) is 72.9 Å². The van der Waals surface area contributed by atoms with E-state index in [1.54, 1.807) is 27.1 Å². The van der Waals surface area contributed by atoms with Crippen molar-refractivity contribution < 1.29 is 4.79 Å². The van der Waals surface area contributed by atoms with Crippen LogP contribution in [0.3, 0.4) is 0 Å². The maximum absolute atomic E-state index is 13.9. The van der Waals surface area contributed by atoms with Gasteiger partial charge in [0.25, 0.3) is 5.91 Å². The third-order valence-corrected chi connectivity index (χ3v) is 6.79. The Morgan fingerprint density at radius 3 is 2.42 bits per heavy atom. The number of amides is 1. The second-order valence-electron chi connectivity index (χ2n) is 7.92. The smallest absolute Gasteiger partial charge is 0.263 e. The minimum absolute atomic E-state index is 0.103. The Morgan fingerprint density at radius 1 is 0.970 bits per heavy atom. The van der Waals surface area contributed by atoms with E-state index in [-0.39, 0.29) is 5.91 Å². The Morgan fingerprint density at radius 2 is 1.70 bits per heavy atom. The van der Waals surface area contributed by atoms with Crippen LogP contribution in [0, 0.1) is 6.92 Å². The number of anilines is 1. The molecule has 5 rings (SSSR count). The standard InChI is InChI=1S/C27H24N4OS/c1-3-20-14-15-24-25(16-20)33-27(29-24)30(18-21-10-6-4-7-11-21)26(32)23-17-28-31(19(23)2)22-12-8-5-9-13-22/h4-17H,3,18H2,1-2H3. The van der Waals surface area contributed by atoms with Crippen molar-refractivity contribution in [1.82, 2.24) is 14.8 Å². The highest BCUT2D eigenvalue weighted by atomic mass is 32.1. The van der Waals surface area contributed by atoms with Gasteiger partial charge in [0, 0.05) is 0 Å². The molecule has 0 atom stereocenters. The fraction of sp³-hybridized carbons (Fsp3) is 0.148. The lowest BCUT2D eigenvalue weighted by atomic mass is 10.2. The number of para-hydroxylation sites is 1. The summed E-state index contributed by atoms with van der Waals surface area (Å²) in [5.74, 6) is -0.103. The molecule has 0 fully saturated rings. The number of benzene rings is 3. The number of fused-ring (bicyclic) bond motifs is 1. The first-order valence-corrected chi connectivity index (χ1v) is 11.8. The molecule has 0 N–H and O–H groups in total. The second-order valence-corrected chi connectivity index (χ2v) is 8.93. The van der Waals surface area contributed by atoms with Gasteiger partial charge in [0.05, 0.1) is 39.9 Å². The van der Waals surface area contributed by atoms with E-state index in [1.807, 2.05) is 73.7 Å². The van der Waals surface area contributed by atoms with Gasteiger partial charge in [-0.25, -0.2) is 9.67 Å². The van der Waals surface area contributed by atoms with E-state index in [0.717, 1.165) is 33.6 Å². The van der Waals surface area contributed by atoms with E-state index in [9.17, 15) is 4.79 Å². The molecule has 2 aromatic heterocycles. The average molecular weight is 453 g/mol. The molecule has 5 aromatic rings. The van der Waals surface area contributed by atoms with Gasteiger partial charge in [-0.3, -0.25) is 9.69 Å². The van der Waals surface area contributed by atoms with Crippen LogP contribution < -0.4 is 4.90 Å². The third-order valence-electron chi connectivity index (χ3n) is 5.75. The molecule has 0 aliphatic heterocycles. The van der Waals surface area contributed by atoms with Crippen LogP contribution in [0.15, 0.2) is 85.1 Å². The maximum Gasteiger partial charge on any atom is 0.263 e. The first-order chi connectivity index (χ1) is 16.1. The average Bonchev–Trinajstić information content (AvgIpc) is 3.46.